The first-order valence-electron chi connectivity index (χ1n) is 14.8. The predicted octanol–water partition coefficient (Wildman–Crippen LogP) is 2.64. The first-order valence-corrected chi connectivity index (χ1v) is 14.8. The van der Waals surface area contributed by atoms with E-state index >= 15 is 0 Å². The molecular weight excluding hydrogens is 498 g/mol. The lowest BCUT2D eigenvalue weighted by molar-refractivity contribution is -0.143. The van der Waals surface area contributed by atoms with Crippen LogP contribution in [-0.2, 0) is 19.2 Å². The van der Waals surface area contributed by atoms with Crippen LogP contribution in [0.15, 0.2) is 0 Å². The number of amides is 5. The number of nitrogens with one attached hydrogen (secondary N) is 3. The Kier molecular flexibility index (Phi) is 10.4. The number of hydrogen-bond acceptors (Lipinski definition) is 5. The van der Waals surface area contributed by atoms with Crippen LogP contribution in [0, 0.1) is 23.2 Å². The van der Waals surface area contributed by atoms with Gasteiger partial charge >= 0.3 is 6.03 Å². The normalized spacial score (nSPS) is 24.7. The molecule has 1 heterocycles. The molecule has 3 fully saturated rings. The van der Waals surface area contributed by atoms with Crippen molar-refractivity contribution in [2.75, 3.05) is 6.54 Å². The van der Waals surface area contributed by atoms with Crippen LogP contribution in [0.3, 0.4) is 0 Å². The van der Waals surface area contributed by atoms with Crippen LogP contribution >= 0.6 is 0 Å². The number of ketones is 1. The largest absolute Gasteiger partial charge is 0.363 e. The minimum atomic E-state index is -1.07. The van der Waals surface area contributed by atoms with E-state index in [2.05, 4.69) is 16.0 Å². The van der Waals surface area contributed by atoms with E-state index in [4.69, 9.17) is 5.73 Å². The second kappa shape index (κ2) is 13.1. The molecule has 3 aliphatic rings. The molecule has 5 N–H and O–H groups in total. The number of urea groups is 1. The van der Waals surface area contributed by atoms with Gasteiger partial charge in [0.25, 0.3) is 5.91 Å². The fourth-order valence-electron chi connectivity index (χ4n) is 5.89. The van der Waals surface area contributed by atoms with Gasteiger partial charge in [0.15, 0.2) is 0 Å². The van der Waals surface area contributed by atoms with E-state index in [9.17, 15) is 24.0 Å². The van der Waals surface area contributed by atoms with Gasteiger partial charge in [-0.25, -0.2) is 4.79 Å². The Balaban J connectivity index is 1.77. The summed E-state index contributed by atoms with van der Waals surface area (Å²) < 4.78 is 0. The van der Waals surface area contributed by atoms with Crippen LogP contribution in [0.25, 0.3) is 0 Å². The maximum atomic E-state index is 14.0. The van der Waals surface area contributed by atoms with Gasteiger partial charge in [-0.15, -0.1) is 0 Å². The number of carbonyl (C=O) groups excluding carboxylic acids is 5. The van der Waals surface area contributed by atoms with Crippen LogP contribution < -0.4 is 21.7 Å². The maximum absolute atomic E-state index is 14.0. The summed E-state index contributed by atoms with van der Waals surface area (Å²) in [5, 5.41) is 8.71. The average Bonchev–Trinajstić information content (AvgIpc) is 3.24. The molecule has 1 saturated heterocycles. The number of nitrogens with two attached hydrogens (primary N) is 1. The van der Waals surface area contributed by atoms with E-state index in [1.807, 2.05) is 34.6 Å². The van der Waals surface area contributed by atoms with Crippen molar-refractivity contribution < 1.29 is 24.0 Å². The van der Waals surface area contributed by atoms with E-state index < -0.39 is 35.7 Å². The van der Waals surface area contributed by atoms with Gasteiger partial charge in [0.05, 0.1) is 6.04 Å². The lowest BCUT2D eigenvalue weighted by Gasteiger charge is -2.36. The zero-order chi connectivity index (χ0) is 28.9. The van der Waals surface area contributed by atoms with Gasteiger partial charge in [-0.2, -0.15) is 0 Å². The van der Waals surface area contributed by atoms with Crippen LogP contribution in [0.2, 0.25) is 0 Å². The molecule has 5 amide bonds. The highest BCUT2D eigenvalue weighted by atomic mass is 16.2. The predicted molar refractivity (Wildman–Crippen MR) is 148 cm³/mol. The summed E-state index contributed by atoms with van der Waals surface area (Å²) in [6.07, 6.45) is 8.56. The van der Waals surface area contributed by atoms with Gasteiger partial charge in [-0.3, -0.25) is 19.2 Å². The number of nitrogens with zero attached hydrogens (tertiary/aromatic N) is 1. The quantitative estimate of drug-likeness (QED) is 0.310. The summed E-state index contributed by atoms with van der Waals surface area (Å²) >= 11 is 0. The van der Waals surface area contributed by atoms with Crippen molar-refractivity contribution in [1.82, 2.24) is 20.9 Å². The summed E-state index contributed by atoms with van der Waals surface area (Å²) in [7, 11) is 0. The minimum Gasteiger partial charge on any atom is -0.363 e. The molecule has 3 rings (SSSR count). The summed E-state index contributed by atoms with van der Waals surface area (Å²) in [5.74, 6) is -2.24. The first kappa shape index (κ1) is 30.9. The van der Waals surface area contributed by atoms with Crippen molar-refractivity contribution in [2.24, 2.45) is 28.9 Å². The number of Topliss-reactive ketones (excluding diaryl/α,β-unsaturated/α-hetero) is 1. The highest BCUT2D eigenvalue weighted by Gasteiger charge is 2.44. The Bertz CT molecular complexity index is 922. The second-order valence-electron chi connectivity index (χ2n) is 13.3. The zero-order valence-corrected chi connectivity index (χ0v) is 24.4. The molecule has 2 aliphatic carbocycles. The van der Waals surface area contributed by atoms with Crippen molar-refractivity contribution in [3.05, 3.63) is 0 Å². The summed E-state index contributed by atoms with van der Waals surface area (Å²) in [4.78, 5) is 66.3. The Labute approximate surface area is 232 Å². The summed E-state index contributed by atoms with van der Waals surface area (Å²) in [6.45, 7) is 10.4. The Morgan fingerprint density at radius 1 is 0.923 bits per heavy atom. The monoisotopic (exact) mass is 547 g/mol. The number of primary amides is 1. The molecule has 0 aromatic heterocycles. The van der Waals surface area contributed by atoms with Crippen LogP contribution in [0.1, 0.15) is 98.8 Å². The maximum Gasteiger partial charge on any atom is 0.315 e. The third-order valence-corrected chi connectivity index (χ3v) is 9.09. The molecule has 220 valence electrons. The fraction of sp³-hybridized carbons (Fsp3) is 0.828. The number of carbonyl (C=O) groups is 5. The van der Waals surface area contributed by atoms with Gasteiger partial charge in [0.1, 0.15) is 12.1 Å². The third kappa shape index (κ3) is 8.18. The SMILES string of the molecule is CC(NC(=O)N[C@H](C(=O)N1C[C@H](C)CC1C(=O)NC(CC1CCC1)C(=O)C(N)=O)C1CCCCC1)C(C)(C)C. The van der Waals surface area contributed by atoms with Crippen molar-refractivity contribution in [3.63, 3.8) is 0 Å². The van der Waals surface area contributed by atoms with E-state index in [0.717, 1.165) is 51.4 Å². The molecule has 5 atom stereocenters. The third-order valence-electron chi connectivity index (χ3n) is 9.09. The van der Waals surface area contributed by atoms with Crippen LogP contribution in [0.5, 0.6) is 0 Å². The van der Waals surface area contributed by atoms with Gasteiger partial charge in [-0.05, 0) is 55.8 Å². The number of likely N-dealkylation sites (tertiary alicyclic amines) is 1. The van der Waals surface area contributed by atoms with E-state index in [1.54, 1.807) is 4.90 Å². The Morgan fingerprint density at radius 2 is 1.56 bits per heavy atom. The lowest BCUT2D eigenvalue weighted by Crippen LogP contribution is -2.59. The van der Waals surface area contributed by atoms with Gasteiger partial charge in [0, 0.05) is 12.6 Å². The van der Waals surface area contributed by atoms with E-state index in [0.29, 0.717) is 19.4 Å². The summed E-state index contributed by atoms with van der Waals surface area (Å²) in [6, 6.07) is -3.00. The average molecular weight is 548 g/mol. The molecule has 10 nitrogen and oxygen atoms in total. The fourth-order valence-corrected chi connectivity index (χ4v) is 5.89. The van der Waals surface area contributed by atoms with Gasteiger partial charge in [-0.1, -0.05) is 66.2 Å². The molecule has 2 saturated carbocycles. The molecule has 0 aromatic carbocycles. The molecule has 0 aromatic rings. The lowest BCUT2D eigenvalue weighted by atomic mass is 9.80. The summed E-state index contributed by atoms with van der Waals surface area (Å²) in [5.41, 5.74) is 5.13. The van der Waals surface area contributed by atoms with Crippen LogP contribution in [-0.4, -0.2) is 65.1 Å². The first-order chi connectivity index (χ1) is 18.3. The molecule has 1 aliphatic heterocycles. The Morgan fingerprint density at radius 3 is 2.10 bits per heavy atom. The molecule has 0 bridgehead atoms. The molecular formula is C29H49N5O5. The Hall–Kier alpha value is -2.65. The zero-order valence-electron chi connectivity index (χ0n) is 24.4. The smallest absolute Gasteiger partial charge is 0.315 e. The van der Waals surface area contributed by atoms with E-state index in [-0.39, 0.29) is 41.1 Å². The topological polar surface area (TPSA) is 151 Å². The molecule has 0 radical (unpaired) electrons. The van der Waals surface area contributed by atoms with Crippen molar-refractivity contribution in [2.45, 2.75) is 123 Å². The molecule has 3 unspecified atom stereocenters. The van der Waals surface area contributed by atoms with Crippen molar-refractivity contribution >= 4 is 29.5 Å². The van der Waals surface area contributed by atoms with E-state index in [1.165, 1.54) is 0 Å². The standard InChI is InChI=1S/C29H49N5O5/c1-17-14-22(26(37)32-21(24(35)25(30)36)15-19-10-9-11-19)34(16-17)27(38)23(20-12-7-6-8-13-20)33-28(39)31-18(2)29(3,4)5/h17-23H,6-16H2,1-5H3,(H2,30,36)(H,32,37)(H2,31,33,39)/t17-,18?,21?,22?,23+/m1/s1. The van der Waals surface area contributed by atoms with Gasteiger partial charge < -0.3 is 26.6 Å². The minimum absolute atomic E-state index is 0.00985. The van der Waals surface area contributed by atoms with Crippen molar-refractivity contribution in [3.8, 4) is 0 Å². The number of rotatable bonds is 10. The second-order valence-corrected chi connectivity index (χ2v) is 13.3. The highest BCUT2D eigenvalue weighted by Crippen LogP contribution is 2.32. The van der Waals surface area contributed by atoms with Crippen molar-refractivity contribution in [1.29, 1.82) is 0 Å². The molecule has 0 spiro atoms. The van der Waals surface area contributed by atoms with Gasteiger partial charge in [0.2, 0.25) is 17.6 Å². The van der Waals surface area contributed by atoms with Crippen LogP contribution in [0.4, 0.5) is 4.79 Å². The number of hydrogen-bond donors (Lipinski definition) is 4. The highest BCUT2D eigenvalue weighted by molar-refractivity contribution is 6.37. The molecule has 10 heteroatoms. The molecule has 39 heavy (non-hydrogen) atoms.